The molecule has 0 radical (unpaired) electrons. The van der Waals surface area contributed by atoms with E-state index < -0.39 is 5.60 Å². The van der Waals surface area contributed by atoms with Gasteiger partial charge in [0.2, 0.25) is 0 Å². The van der Waals surface area contributed by atoms with E-state index in [1.54, 1.807) is 0 Å². The van der Waals surface area contributed by atoms with Gasteiger partial charge in [0.05, 0.1) is 12.2 Å². The monoisotopic (exact) mass is 257 g/mol. The molecule has 0 spiro atoms. The van der Waals surface area contributed by atoms with Crippen LogP contribution in [-0.4, -0.2) is 58.0 Å². The Morgan fingerprint density at radius 3 is 2.35 bits per heavy atom. The van der Waals surface area contributed by atoms with Crippen molar-refractivity contribution < 1.29 is 10.2 Å². The van der Waals surface area contributed by atoms with E-state index in [0.717, 1.165) is 49.9 Å². The van der Waals surface area contributed by atoms with Crippen molar-refractivity contribution in [2.24, 2.45) is 5.41 Å². The molecule has 0 aromatic carbocycles. The third-order valence-electron chi connectivity index (χ3n) is 5.08. The molecule has 1 saturated carbocycles. The molecule has 1 atom stereocenters. The van der Waals surface area contributed by atoms with Gasteiger partial charge in [0.25, 0.3) is 0 Å². The quantitative estimate of drug-likeness (QED) is 0.794. The van der Waals surface area contributed by atoms with Gasteiger partial charge in [-0.2, -0.15) is 11.8 Å². The van der Waals surface area contributed by atoms with Crippen LogP contribution in [0.15, 0.2) is 0 Å². The summed E-state index contributed by atoms with van der Waals surface area (Å²) in [6.45, 7) is 2.20. The number of thioether (sulfide) groups is 1. The molecule has 3 rings (SSSR count). The summed E-state index contributed by atoms with van der Waals surface area (Å²) >= 11 is 1.88. The van der Waals surface area contributed by atoms with Gasteiger partial charge < -0.3 is 15.1 Å². The molecule has 3 aliphatic rings. The van der Waals surface area contributed by atoms with Gasteiger partial charge in [0, 0.05) is 30.3 Å². The molecular formula is C13H23NO2S. The fraction of sp³-hybridized carbons (Fsp3) is 1.00. The molecular weight excluding hydrogens is 234 g/mol. The molecule has 2 saturated heterocycles. The fourth-order valence-corrected chi connectivity index (χ4v) is 5.05. The van der Waals surface area contributed by atoms with Crippen LogP contribution in [0.2, 0.25) is 0 Å². The number of aliphatic hydroxyl groups excluding tert-OH is 1. The van der Waals surface area contributed by atoms with Crippen LogP contribution >= 0.6 is 11.8 Å². The molecule has 2 aliphatic heterocycles. The van der Waals surface area contributed by atoms with Crippen LogP contribution in [-0.2, 0) is 0 Å². The van der Waals surface area contributed by atoms with Gasteiger partial charge in [-0.1, -0.05) is 0 Å². The molecule has 0 aromatic heterocycles. The lowest BCUT2D eigenvalue weighted by Crippen LogP contribution is -2.57. The van der Waals surface area contributed by atoms with E-state index in [9.17, 15) is 10.2 Å². The summed E-state index contributed by atoms with van der Waals surface area (Å²) in [6.07, 6.45) is 5.38. The first kappa shape index (κ1) is 12.3. The number of nitrogens with zero attached hydrogens (tertiary/aromatic N) is 1. The van der Waals surface area contributed by atoms with Gasteiger partial charge in [-0.05, 0) is 37.9 Å². The van der Waals surface area contributed by atoms with Gasteiger partial charge in [-0.15, -0.1) is 0 Å². The summed E-state index contributed by atoms with van der Waals surface area (Å²) in [6, 6.07) is 0.808. The van der Waals surface area contributed by atoms with Crippen molar-refractivity contribution in [3.8, 4) is 0 Å². The van der Waals surface area contributed by atoms with Crippen LogP contribution < -0.4 is 0 Å². The maximum atomic E-state index is 10.9. The highest BCUT2D eigenvalue weighted by atomic mass is 32.2. The number of rotatable bonds is 3. The lowest BCUT2D eigenvalue weighted by molar-refractivity contribution is -0.129. The van der Waals surface area contributed by atoms with Gasteiger partial charge in [-0.3, -0.25) is 0 Å². The van der Waals surface area contributed by atoms with E-state index >= 15 is 0 Å². The van der Waals surface area contributed by atoms with Gasteiger partial charge in [-0.25, -0.2) is 0 Å². The van der Waals surface area contributed by atoms with Crippen molar-refractivity contribution in [3.63, 3.8) is 0 Å². The first-order valence-corrected chi connectivity index (χ1v) is 8.00. The van der Waals surface area contributed by atoms with Crippen molar-refractivity contribution in [2.45, 2.75) is 43.7 Å². The SMILES string of the molecule is OCC1(C2(O)CCN(C3CC3)CC2)CCSC1. The van der Waals surface area contributed by atoms with Crippen LogP contribution in [0, 0.1) is 5.41 Å². The van der Waals surface area contributed by atoms with Crippen molar-refractivity contribution in [3.05, 3.63) is 0 Å². The number of hydrogen-bond acceptors (Lipinski definition) is 4. The topological polar surface area (TPSA) is 43.7 Å². The normalized spacial score (nSPS) is 38.5. The minimum Gasteiger partial charge on any atom is -0.396 e. The third-order valence-corrected chi connectivity index (χ3v) is 6.33. The Bertz CT molecular complexity index is 279. The number of likely N-dealkylation sites (tertiary alicyclic amines) is 1. The zero-order chi connectivity index (χ0) is 11.9. The highest BCUT2D eigenvalue weighted by molar-refractivity contribution is 7.99. The number of hydrogen-bond donors (Lipinski definition) is 2. The van der Waals surface area contributed by atoms with Crippen LogP contribution in [0.5, 0.6) is 0 Å². The second-order valence-corrected chi connectivity index (χ2v) is 7.14. The summed E-state index contributed by atoms with van der Waals surface area (Å²) < 4.78 is 0. The molecule has 1 aliphatic carbocycles. The highest BCUT2D eigenvalue weighted by Gasteiger charge is 2.53. The second-order valence-electron chi connectivity index (χ2n) is 6.04. The lowest BCUT2D eigenvalue weighted by Gasteiger charge is -2.48. The van der Waals surface area contributed by atoms with Crippen molar-refractivity contribution in [2.75, 3.05) is 31.2 Å². The molecule has 0 aromatic rings. The van der Waals surface area contributed by atoms with E-state index in [4.69, 9.17) is 0 Å². The van der Waals surface area contributed by atoms with E-state index in [1.165, 1.54) is 12.8 Å². The van der Waals surface area contributed by atoms with E-state index in [-0.39, 0.29) is 12.0 Å². The average Bonchev–Trinajstić information content (AvgIpc) is 3.07. The van der Waals surface area contributed by atoms with Crippen molar-refractivity contribution in [1.82, 2.24) is 4.90 Å². The van der Waals surface area contributed by atoms with Crippen LogP contribution in [0.3, 0.4) is 0 Å². The molecule has 2 heterocycles. The Kier molecular flexibility index (Phi) is 3.18. The maximum Gasteiger partial charge on any atom is 0.0758 e. The minimum atomic E-state index is -0.614. The van der Waals surface area contributed by atoms with Crippen LogP contribution in [0.4, 0.5) is 0 Å². The molecule has 3 fully saturated rings. The molecule has 0 bridgehead atoms. The van der Waals surface area contributed by atoms with Gasteiger partial charge >= 0.3 is 0 Å². The van der Waals surface area contributed by atoms with Crippen LogP contribution in [0.25, 0.3) is 0 Å². The standard InChI is InChI=1S/C13H23NO2S/c15-9-12(5-8-17-10-12)13(16)3-6-14(7-4-13)11-1-2-11/h11,15-16H,1-10H2. The summed E-state index contributed by atoms with van der Waals surface area (Å²) in [5, 5.41) is 20.7. The second kappa shape index (κ2) is 4.41. The van der Waals surface area contributed by atoms with E-state index in [1.807, 2.05) is 11.8 Å². The van der Waals surface area contributed by atoms with Crippen molar-refractivity contribution >= 4 is 11.8 Å². The van der Waals surface area contributed by atoms with Crippen LogP contribution in [0.1, 0.15) is 32.1 Å². The summed E-state index contributed by atoms with van der Waals surface area (Å²) in [4.78, 5) is 2.53. The molecule has 1 unspecified atom stereocenters. The third kappa shape index (κ3) is 2.03. The first-order valence-electron chi connectivity index (χ1n) is 6.84. The molecule has 98 valence electrons. The molecule has 17 heavy (non-hydrogen) atoms. The predicted molar refractivity (Wildman–Crippen MR) is 70.2 cm³/mol. The molecule has 2 N–H and O–H groups in total. The Morgan fingerprint density at radius 2 is 1.88 bits per heavy atom. The summed E-state index contributed by atoms with van der Waals surface area (Å²) in [5.74, 6) is 2.03. The Labute approximate surface area is 108 Å². The zero-order valence-electron chi connectivity index (χ0n) is 10.4. The molecule has 4 heteroatoms. The maximum absolute atomic E-state index is 10.9. The Hall–Kier alpha value is 0.230. The Balaban J connectivity index is 1.68. The lowest BCUT2D eigenvalue weighted by atomic mass is 9.67. The predicted octanol–water partition coefficient (Wildman–Crippen LogP) is 1.09. The number of aliphatic hydroxyl groups is 2. The molecule has 0 amide bonds. The zero-order valence-corrected chi connectivity index (χ0v) is 11.2. The average molecular weight is 257 g/mol. The summed E-state index contributed by atoms with van der Waals surface area (Å²) in [5.41, 5.74) is -0.829. The Morgan fingerprint density at radius 1 is 1.18 bits per heavy atom. The van der Waals surface area contributed by atoms with E-state index in [2.05, 4.69) is 4.90 Å². The van der Waals surface area contributed by atoms with E-state index in [0.29, 0.717) is 0 Å². The molecule has 3 nitrogen and oxygen atoms in total. The fourth-order valence-electron chi connectivity index (χ4n) is 3.48. The smallest absolute Gasteiger partial charge is 0.0758 e. The first-order chi connectivity index (χ1) is 8.19. The van der Waals surface area contributed by atoms with Gasteiger partial charge in [0.1, 0.15) is 0 Å². The number of piperidine rings is 1. The minimum absolute atomic E-state index is 0.153. The summed E-state index contributed by atoms with van der Waals surface area (Å²) in [7, 11) is 0. The van der Waals surface area contributed by atoms with Crippen molar-refractivity contribution in [1.29, 1.82) is 0 Å². The highest BCUT2D eigenvalue weighted by Crippen LogP contribution is 2.49. The largest absolute Gasteiger partial charge is 0.396 e. The van der Waals surface area contributed by atoms with Gasteiger partial charge in [0.15, 0.2) is 0 Å².